The Morgan fingerprint density at radius 3 is 2.32 bits per heavy atom. The molecule has 0 spiro atoms. The first kappa shape index (κ1) is 19.4. The lowest BCUT2D eigenvalue weighted by molar-refractivity contribution is -0.120. The third kappa shape index (κ3) is 6.46. The van der Waals surface area contributed by atoms with Crippen LogP contribution in [0.2, 0.25) is 5.02 Å². The van der Waals surface area contributed by atoms with Crippen molar-refractivity contribution in [2.24, 2.45) is 5.92 Å². The number of piperazine rings is 1. The molecule has 1 aromatic carbocycles. The van der Waals surface area contributed by atoms with Gasteiger partial charge in [-0.2, -0.15) is 0 Å². The lowest BCUT2D eigenvalue weighted by atomic mass is 10.1. The predicted molar refractivity (Wildman–Crippen MR) is 101 cm³/mol. The zero-order chi connectivity index (χ0) is 18.2. The van der Waals surface area contributed by atoms with Gasteiger partial charge in [-0.3, -0.25) is 4.79 Å². The van der Waals surface area contributed by atoms with Gasteiger partial charge in [0.1, 0.15) is 0 Å². The fourth-order valence-electron chi connectivity index (χ4n) is 2.65. The van der Waals surface area contributed by atoms with Gasteiger partial charge in [-0.15, -0.1) is 0 Å². The molecule has 0 unspecified atom stereocenters. The van der Waals surface area contributed by atoms with Crippen LogP contribution in [-0.4, -0.2) is 56.1 Å². The first-order valence-corrected chi connectivity index (χ1v) is 9.13. The van der Waals surface area contributed by atoms with E-state index in [-0.39, 0.29) is 18.5 Å². The average molecular weight is 367 g/mol. The van der Waals surface area contributed by atoms with Gasteiger partial charge in [0, 0.05) is 43.4 Å². The number of nitrogens with zero attached hydrogens (tertiary/aromatic N) is 2. The van der Waals surface area contributed by atoms with E-state index in [0.717, 1.165) is 25.2 Å². The first-order chi connectivity index (χ1) is 12.0. The van der Waals surface area contributed by atoms with Crippen molar-refractivity contribution >= 4 is 29.2 Å². The monoisotopic (exact) mass is 366 g/mol. The van der Waals surface area contributed by atoms with E-state index < -0.39 is 0 Å². The molecule has 3 amide bonds. The van der Waals surface area contributed by atoms with Crippen molar-refractivity contribution in [3.63, 3.8) is 0 Å². The van der Waals surface area contributed by atoms with Gasteiger partial charge in [-0.05, 0) is 36.6 Å². The van der Waals surface area contributed by atoms with E-state index in [1.165, 1.54) is 0 Å². The van der Waals surface area contributed by atoms with Gasteiger partial charge < -0.3 is 20.4 Å². The fourth-order valence-corrected chi connectivity index (χ4v) is 2.78. The molecule has 0 bridgehead atoms. The van der Waals surface area contributed by atoms with Crippen LogP contribution < -0.4 is 15.5 Å². The number of halogens is 1. The van der Waals surface area contributed by atoms with E-state index in [4.69, 9.17) is 11.6 Å². The maximum Gasteiger partial charge on any atom is 0.317 e. The highest BCUT2D eigenvalue weighted by Crippen LogP contribution is 2.19. The third-order valence-corrected chi connectivity index (χ3v) is 4.45. The molecular weight excluding hydrogens is 340 g/mol. The van der Waals surface area contributed by atoms with Crippen molar-refractivity contribution in [2.45, 2.75) is 20.3 Å². The van der Waals surface area contributed by atoms with Gasteiger partial charge in [0.15, 0.2) is 0 Å². The van der Waals surface area contributed by atoms with Crippen molar-refractivity contribution in [2.75, 3.05) is 44.2 Å². The number of rotatable bonds is 6. The summed E-state index contributed by atoms with van der Waals surface area (Å²) in [7, 11) is 0. The van der Waals surface area contributed by atoms with Crippen LogP contribution >= 0.6 is 11.6 Å². The van der Waals surface area contributed by atoms with Crippen LogP contribution in [0.3, 0.4) is 0 Å². The lowest BCUT2D eigenvalue weighted by Gasteiger charge is -2.36. The Kier molecular flexibility index (Phi) is 7.37. The maximum atomic E-state index is 12.2. The molecule has 138 valence electrons. The summed E-state index contributed by atoms with van der Waals surface area (Å²) in [6.07, 6.45) is 0.937. The second-order valence-electron chi connectivity index (χ2n) is 6.64. The van der Waals surface area contributed by atoms with Gasteiger partial charge in [-0.25, -0.2) is 4.79 Å². The van der Waals surface area contributed by atoms with Crippen LogP contribution in [0.1, 0.15) is 20.3 Å². The Bertz CT molecular complexity index is 569. The van der Waals surface area contributed by atoms with E-state index in [1.807, 2.05) is 24.3 Å². The molecule has 0 radical (unpaired) electrons. The quantitative estimate of drug-likeness (QED) is 0.812. The summed E-state index contributed by atoms with van der Waals surface area (Å²) in [4.78, 5) is 27.8. The molecule has 6 nitrogen and oxygen atoms in total. The summed E-state index contributed by atoms with van der Waals surface area (Å²) in [6, 6.07) is 7.52. The molecule has 1 aliphatic heterocycles. The number of carbonyl (C=O) groups excluding carboxylic acids is 2. The molecule has 1 saturated heterocycles. The minimum Gasteiger partial charge on any atom is -0.368 e. The highest BCUT2D eigenvalue weighted by atomic mass is 35.5. The van der Waals surface area contributed by atoms with Crippen molar-refractivity contribution in [3.05, 3.63) is 29.3 Å². The van der Waals surface area contributed by atoms with Gasteiger partial charge in [0.2, 0.25) is 5.91 Å². The minimum absolute atomic E-state index is 0.0222. The maximum absolute atomic E-state index is 12.2. The number of amides is 3. The number of benzene rings is 1. The summed E-state index contributed by atoms with van der Waals surface area (Å²) >= 11 is 5.91. The number of nitrogens with one attached hydrogen (secondary N) is 2. The van der Waals surface area contributed by atoms with Crippen molar-refractivity contribution in [1.82, 2.24) is 15.5 Å². The highest BCUT2D eigenvalue weighted by molar-refractivity contribution is 6.30. The van der Waals surface area contributed by atoms with Crippen LogP contribution in [0.15, 0.2) is 24.3 Å². The van der Waals surface area contributed by atoms with Crippen LogP contribution in [-0.2, 0) is 4.79 Å². The Labute approximate surface area is 154 Å². The molecular formula is C18H27ClN4O2. The Morgan fingerprint density at radius 1 is 1.08 bits per heavy atom. The van der Waals surface area contributed by atoms with Gasteiger partial charge in [-0.1, -0.05) is 25.4 Å². The molecule has 2 N–H and O–H groups in total. The molecule has 0 aromatic heterocycles. The number of hydrogen-bond donors (Lipinski definition) is 2. The number of hydrogen-bond acceptors (Lipinski definition) is 3. The second kappa shape index (κ2) is 9.51. The zero-order valence-corrected chi connectivity index (χ0v) is 15.7. The Morgan fingerprint density at radius 2 is 1.72 bits per heavy atom. The van der Waals surface area contributed by atoms with Crippen molar-refractivity contribution in [3.8, 4) is 0 Å². The average Bonchev–Trinajstić information content (AvgIpc) is 2.60. The number of anilines is 1. The molecule has 2 rings (SSSR count). The minimum atomic E-state index is -0.185. The van der Waals surface area contributed by atoms with E-state index >= 15 is 0 Å². The van der Waals surface area contributed by atoms with Crippen LogP contribution in [0.5, 0.6) is 0 Å². The molecule has 1 aliphatic rings. The normalized spacial score (nSPS) is 14.6. The van der Waals surface area contributed by atoms with E-state index in [1.54, 1.807) is 4.90 Å². The molecule has 0 aliphatic carbocycles. The Hall–Kier alpha value is -1.95. The van der Waals surface area contributed by atoms with Gasteiger partial charge in [0.25, 0.3) is 0 Å². The number of urea groups is 1. The molecule has 7 heteroatoms. The van der Waals surface area contributed by atoms with Crippen LogP contribution in [0.4, 0.5) is 10.5 Å². The van der Waals surface area contributed by atoms with E-state index in [0.29, 0.717) is 30.6 Å². The lowest BCUT2D eigenvalue weighted by Crippen LogP contribution is -2.53. The molecule has 0 atom stereocenters. The van der Waals surface area contributed by atoms with Gasteiger partial charge in [0.05, 0.1) is 6.54 Å². The summed E-state index contributed by atoms with van der Waals surface area (Å²) in [5, 5.41) is 6.22. The van der Waals surface area contributed by atoms with Crippen molar-refractivity contribution in [1.29, 1.82) is 0 Å². The fraction of sp³-hybridized carbons (Fsp3) is 0.556. The molecule has 1 fully saturated rings. The number of carbonyl (C=O) groups is 2. The standard InChI is InChI=1S/C18H27ClN4O2/c1-14(2)7-8-20-17(24)13-21-18(25)23-11-9-22(10-12-23)16-5-3-15(19)4-6-16/h3-6,14H,7-13H2,1-2H3,(H,20,24)(H,21,25). The highest BCUT2D eigenvalue weighted by Gasteiger charge is 2.21. The summed E-state index contributed by atoms with van der Waals surface area (Å²) in [6.45, 7) is 7.66. The smallest absolute Gasteiger partial charge is 0.317 e. The van der Waals surface area contributed by atoms with Crippen LogP contribution in [0, 0.1) is 5.92 Å². The molecule has 1 aromatic rings. The summed E-state index contributed by atoms with van der Waals surface area (Å²) < 4.78 is 0. The largest absolute Gasteiger partial charge is 0.368 e. The first-order valence-electron chi connectivity index (χ1n) is 8.75. The summed E-state index contributed by atoms with van der Waals surface area (Å²) in [5.41, 5.74) is 1.11. The summed E-state index contributed by atoms with van der Waals surface area (Å²) in [5.74, 6) is 0.403. The molecule has 1 heterocycles. The zero-order valence-electron chi connectivity index (χ0n) is 14.9. The Balaban J connectivity index is 1.68. The van der Waals surface area contributed by atoms with Crippen LogP contribution in [0.25, 0.3) is 0 Å². The van der Waals surface area contributed by atoms with Crippen molar-refractivity contribution < 1.29 is 9.59 Å². The van der Waals surface area contributed by atoms with E-state index in [9.17, 15) is 9.59 Å². The molecule has 0 saturated carbocycles. The third-order valence-electron chi connectivity index (χ3n) is 4.20. The van der Waals surface area contributed by atoms with Gasteiger partial charge >= 0.3 is 6.03 Å². The topological polar surface area (TPSA) is 64.7 Å². The SMILES string of the molecule is CC(C)CCNC(=O)CNC(=O)N1CCN(c2ccc(Cl)cc2)CC1. The second-order valence-corrected chi connectivity index (χ2v) is 7.08. The predicted octanol–water partition coefficient (Wildman–Crippen LogP) is 2.33. The van der Waals surface area contributed by atoms with E-state index in [2.05, 4.69) is 29.4 Å². The molecule has 25 heavy (non-hydrogen) atoms.